The summed E-state index contributed by atoms with van der Waals surface area (Å²) in [5.74, 6) is -15.3. The summed E-state index contributed by atoms with van der Waals surface area (Å²) in [6, 6.07) is 31.8. The standard InChI is InChI=1S/C50H34O15/c51-36-32(37(52)43(58)48(63)42(36)57)22-9-5-7-20(17-22)25-16-15-24(19-30(25)21-8-6-10-23(18-21)33-38(53)44(59)49(64)45(60)39(33)54)31-26-11-1-3-13-28(26)34(29-14-4-2-12-27(29)31)35-40(55)46(61)50(65)47(62)41(35)56/h1-19,51-65H. The molecule has 0 saturated carbocycles. The van der Waals surface area contributed by atoms with Crippen LogP contribution < -0.4 is 0 Å². The first-order valence-electron chi connectivity index (χ1n) is 19.4. The van der Waals surface area contributed by atoms with Gasteiger partial charge < -0.3 is 76.6 Å². The lowest BCUT2D eigenvalue weighted by atomic mass is 9.83. The maximum absolute atomic E-state index is 11.2. The van der Waals surface area contributed by atoms with Crippen LogP contribution in [-0.2, 0) is 0 Å². The van der Waals surface area contributed by atoms with Crippen LogP contribution in [0.5, 0.6) is 86.2 Å². The Kier molecular flexibility index (Phi) is 9.34. The molecule has 0 aromatic heterocycles. The lowest BCUT2D eigenvalue weighted by molar-refractivity contribution is 0.330. The second kappa shape index (κ2) is 14.8. The van der Waals surface area contributed by atoms with Crippen LogP contribution in [0.3, 0.4) is 0 Å². The van der Waals surface area contributed by atoms with E-state index in [-0.39, 0.29) is 22.3 Å². The number of phenolic OH excluding ortho intramolecular Hbond substituents is 15. The summed E-state index contributed by atoms with van der Waals surface area (Å²) >= 11 is 0. The van der Waals surface area contributed by atoms with Gasteiger partial charge in [-0.2, -0.15) is 0 Å². The van der Waals surface area contributed by atoms with E-state index in [1.807, 2.05) is 0 Å². The van der Waals surface area contributed by atoms with Gasteiger partial charge in [-0.05, 0) is 84.3 Å². The van der Waals surface area contributed by atoms with Crippen LogP contribution in [-0.4, -0.2) is 76.6 Å². The van der Waals surface area contributed by atoms with Crippen molar-refractivity contribution in [3.63, 3.8) is 0 Å². The van der Waals surface area contributed by atoms with Crippen LogP contribution in [0, 0.1) is 0 Å². The zero-order chi connectivity index (χ0) is 46.3. The molecule has 0 aliphatic rings. The maximum Gasteiger partial charge on any atom is 0.208 e. The Bertz CT molecular complexity index is 3360. The predicted octanol–water partition coefficient (Wildman–Crippen LogP) is 9.58. The smallest absolute Gasteiger partial charge is 0.208 e. The van der Waals surface area contributed by atoms with Gasteiger partial charge in [0.2, 0.25) is 51.7 Å². The largest absolute Gasteiger partial charge is 0.504 e. The molecule has 15 nitrogen and oxygen atoms in total. The first-order chi connectivity index (χ1) is 31.0. The summed E-state index contributed by atoms with van der Waals surface area (Å²) < 4.78 is 0. The van der Waals surface area contributed by atoms with Crippen LogP contribution in [0.25, 0.3) is 88.3 Å². The van der Waals surface area contributed by atoms with Crippen molar-refractivity contribution >= 4 is 21.5 Å². The molecule has 9 aromatic carbocycles. The summed E-state index contributed by atoms with van der Waals surface area (Å²) in [5.41, 5.74) is 2.21. The van der Waals surface area contributed by atoms with Crippen molar-refractivity contribution < 1.29 is 76.6 Å². The highest BCUT2D eigenvalue weighted by Crippen LogP contribution is 2.59. The highest BCUT2D eigenvalue weighted by molar-refractivity contribution is 6.23. The molecule has 9 rings (SSSR count). The van der Waals surface area contributed by atoms with E-state index in [0.717, 1.165) is 0 Å². The molecule has 9 aromatic rings. The molecule has 0 spiro atoms. The van der Waals surface area contributed by atoms with Gasteiger partial charge in [0, 0.05) is 5.56 Å². The Morgan fingerprint density at radius 3 is 0.862 bits per heavy atom. The molecule has 0 aliphatic carbocycles. The third-order valence-corrected chi connectivity index (χ3v) is 11.5. The molecule has 0 bridgehead atoms. The maximum atomic E-state index is 11.2. The third kappa shape index (κ3) is 6.06. The monoisotopic (exact) mass is 874 g/mol. The molecule has 65 heavy (non-hydrogen) atoms. The molecule has 0 fully saturated rings. The van der Waals surface area contributed by atoms with Crippen LogP contribution in [0.15, 0.2) is 115 Å². The van der Waals surface area contributed by atoms with Crippen LogP contribution in [0.2, 0.25) is 0 Å². The van der Waals surface area contributed by atoms with Gasteiger partial charge in [-0.3, -0.25) is 0 Å². The van der Waals surface area contributed by atoms with Crippen molar-refractivity contribution in [1.82, 2.24) is 0 Å². The number of rotatable bonds is 6. The van der Waals surface area contributed by atoms with E-state index in [1.54, 1.807) is 91.0 Å². The SMILES string of the molecule is Oc1c(O)c(O)c(-c2cccc(-c3ccc(-c4c5ccccc5c(-c5c(O)c(O)c(O)c(O)c5O)c5ccccc45)cc3-c3cccc(-c4c(O)c(O)c(O)c(O)c4O)c3)c2)c(O)c1O. The van der Waals surface area contributed by atoms with Gasteiger partial charge in [-0.1, -0.05) is 97.1 Å². The number of fused-ring (bicyclic) bond motifs is 2. The van der Waals surface area contributed by atoms with E-state index >= 15 is 0 Å². The fraction of sp³-hybridized carbons (Fsp3) is 0. The number of benzene rings is 9. The lowest BCUT2D eigenvalue weighted by Crippen LogP contribution is -1.94. The Morgan fingerprint density at radius 2 is 0.477 bits per heavy atom. The van der Waals surface area contributed by atoms with Gasteiger partial charge in [0.25, 0.3) is 0 Å². The Morgan fingerprint density at radius 1 is 0.185 bits per heavy atom. The fourth-order valence-corrected chi connectivity index (χ4v) is 8.42. The van der Waals surface area contributed by atoms with Gasteiger partial charge >= 0.3 is 0 Å². The lowest BCUT2D eigenvalue weighted by Gasteiger charge is -2.21. The molecule has 0 aliphatic heterocycles. The van der Waals surface area contributed by atoms with Crippen LogP contribution >= 0.6 is 0 Å². The van der Waals surface area contributed by atoms with Crippen molar-refractivity contribution in [3.05, 3.63) is 115 Å². The number of phenols is 15. The van der Waals surface area contributed by atoms with Gasteiger partial charge in [0.05, 0.1) is 16.7 Å². The Balaban J connectivity index is 1.35. The number of hydrogen-bond acceptors (Lipinski definition) is 15. The van der Waals surface area contributed by atoms with Crippen molar-refractivity contribution in [1.29, 1.82) is 0 Å². The minimum Gasteiger partial charge on any atom is -0.504 e. The molecule has 0 amide bonds. The van der Waals surface area contributed by atoms with Crippen LogP contribution in [0.4, 0.5) is 0 Å². The quantitative estimate of drug-likeness (QED) is 0.0420. The Labute approximate surface area is 365 Å². The van der Waals surface area contributed by atoms with E-state index in [0.29, 0.717) is 54.9 Å². The van der Waals surface area contributed by atoms with E-state index in [4.69, 9.17) is 0 Å². The van der Waals surface area contributed by atoms with Gasteiger partial charge in [-0.25, -0.2) is 0 Å². The van der Waals surface area contributed by atoms with E-state index in [2.05, 4.69) is 0 Å². The normalized spacial score (nSPS) is 11.4. The second-order valence-electron chi connectivity index (χ2n) is 15.1. The molecule has 0 atom stereocenters. The average Bonchev–Trinajstić information content (AvgIpc) is 3.32. The zero-order valence-electron chi connectivity index (χ0n) is 33.2. The summed E-state index contributed by atoms with van der Waals surface area (Å²) in [5, 5.41) is 161. The molecular formula is C50H34O15. The highest BCUT2D eigenvalue weighted by atomic mass is 16.4. The van der Waals surface area contributed by atoms with Crippen molar-refractivity contribution in [2.24, 2.45) is 0 Å². The number of aromatic hydroxyl groups is 15. The molecule has 0 radical (unpaired) electrons. The first kappa shape index (κ1) is 40.9. The van der Waals surface area contributed by atoms with E-state index in [1.165, 1.54) is 24.3 Å². The highest BCUT2D eigenvalue weighted by Gasteiger charge is 2.30. The minimum atomic E-state index is -1.14. The average molecular weight is 875 g/mol. The predicted molar refractivity (Wildman–Crippen MR) is 239 cm³/mol. The number of hydrogen-bond donors (Lipinski definition) is 15. The van der Waals surface area contributed by atoms with Gasteiger partial charge in [-0.15, -0.1) is 0 Å². The first-order valence-corrected chi connectivity index (χ1v) is 19.4. The van der Waals surface area contributed by atoms with E-state index in [9.17, 15) is 76.6 Å². The molecule has 15 heteroatoms. The van der Waals surface area contributed by atoms with Crippen molar-refractivity contribution in [2.75, 3.05) is 0 Å². The molecule has 0 saturated heterocycles. The van der Waals surface area contributed by atoms with Crippen molar-refractivity contribution in [3.8, 4) is 153 Å². The summed E-state index contributed by atoms with van der Waals surface area (Å²) in [4.78, 5) is 0. The molecule has 0 unspecified atom stereocenters. The topological polar surface area (TPSA) is 303 Å². The summed E-state index contributed by atoms with van der Waals surface area (Å²) in [7, 11) is 0. The molecule has 324 valence electrons. The molecule has 15 N–H and O–H groups in total. The molecular weight excluding hydrogens is 841 g/mol. The summed E-state index contributed by atoms with van der Waals surface area (Å²) in [6.45, 7) is 0. The molecule has 0 heterocycles. The van der Waals surface area contributed by atoms with Gasteiger partial charge in [0.1, 0.15) is 0 Å². The fourth-order valence-electron chi connectivity index (χ4n) is 8.42. The minimum absolute atomic E-state index is 0.0818. The van der Waals surface area contributed by atoms with Gasteiger partial charge in [0.15, 0.2) is 34.5 Å². The second-order valence-corrected chi connectivity index (χ2v) is 15.1. The van der Waals surface area contributed by atoms with Crippen molar-refractivity contribution in [2.45, 2.75) is 0 Å². The van der Waals surface area contributed by atoms with E-state index < -0.39 is 97.4 Å². The van der Waals surface area contributed by atoms with Crippen LogP contribution in [0.1, 0.15) is 0 Å². The Hall–Kier alpha value is -9.50. The third-order valence-electron chi connectivity index (χ3n) is 11.5. The summed E-state index contributed by atoms with van der Waals surface area (Å²) in [6.07, 6.45) is 0. The zero-order valence-corrected chi connectivity index (χ0v) is 33.2.